The molecular weight excluding hydrogens is 280 g/mol. The van der Waals surface area contributed by atoms with E-state index in [1.54, 1.807) is 12.1 Å². The molecule has 6 nitrogen and oxygen atoms in total. The summed E-state index contributed by atoms with van der Waals surface area (Å²) >= 11 is 0. The van der Waals surface area contributed by atoms with E-state index in [9.17, 15) is 13.2 Å². The fourth-order valence-electron chi connectivity index (χ4n) is 2.23. The summed E-state index contributed by atoms with van der Waals surface area (Å²) in [6.45, 7) is 1.82. The summed E-state index contributed by atoms with van der Waals surface area (Å²) in [7, 11) is -3.64. The van der Waals surface area contributed by atoms with Crippen molar-refractivity contribution in [3.05, 3.63) is 24.3 Å². The molecule has 2 rings (SSSR count). The van der Waals surface area contributed by atoms with Crippen LogP contribution in [0.25, 0.3) is 0 Å². The van der Waals surface area contributed by atoms with Crippen molar-refractivity contribution in [3.8, 4) is 0 Å². The van der Waals surface area contributed by atoms with Crippen LogP contribution in [0, 0.1) is 0 Å². The highest BCUT2D eigenvalue weighted by Gasteiger charge is 2.19. The Labute approximate surface area is 118 Å². The summed E-state index contributed by atoms with van der Waals surface area (Å²) < 4.78 is 26.2. The molecule has 0 atom stereocenters. The number of sulfonamides is 1. The first-order valence-electron chi connectivity index (χ1n) is 6.54. The number of nitrogens with zero attached hydrogens (tertiary/aromatic N) is 1. The third kappa shape index (κ3) is 3.86. The van der Waals surface area contributed by atoms with Gasteiger partial charge in [0, 0.05) is 13.1 Å². The molecule has 0 amide bonds. The predicted molar refractivity (Wildman–Crippen MR) is 77.6 cm³/mol. The third-order valence-electron chi connectivity index (χ3n) is 3.20. The van der Waals surface area contributed by atoms with E-state index in [-0.39, 0.29) is 0 Å². The number of benzene rings is 1. The third-order valence-corrected chi connectivity index (χ3v) is 4.47. The highest BCUT2D eigenvalue weighted by Crippen LogP contribution is 2.29. The zero-order chi connectivity index (χ0) is 14.6. The van der Waals surface area contributed by atoms with Crippen molar-refractivity contribution in [3.63, 3.8) is 0 Å². The minimum Gasteiger partial charge on any atom is -0.481 e. The lowest BCUT2D eigenvalue weighted by Crippen LogP contribution is -2.23. The first kappa shape index (κ1) is 14.6. The van der Waals surface area contributed by atoms with Crippen LogP contribution in [0.4, 0.5) is 11.4 Å². The lowest BCUT2D eigenvalue weighted by atomic mass is 10.2. The van der Waals surface area contributed by atoms with E-state index in [2.05, 4.69) is 9.62 Å². The summed E-state index contributed by atoms with van der Waals surface area (Å²) in [5.41, 5.74) is 1.36. The predicted octanol–water partition coefficient (Wildman–Crippen LogP) is 1.50. The number of carboxylic acid groups (broad SMARTS) is 1. The van der Waals surface area contributed by atoms with E-state index in [0.29, 0.717) is 5.69 Å². The van der Waals surface area contributed by atoms with Crippen LogP contribution in [0.5, 0.6) is 0 Å². The van der Waals surface area contributed by atoms with Crippen molar-refractivity contribution in [1.29, 1.82) is 0 Å². The van der Waals surface area contributed by atoms with E-state index in [4.69, 9.17) is 5.11 Å². The Morgan fingerprint density at radius 3 is 2.55 bits per heavy atom. The molecule has 0 spiro atoms. The molecule has 1 heterocycles. The van der Waals surface area contributed by atoms with Gasteiger partial charge in [0.15, 0.2) is 0 Å². The largest absolute Gasteiger partial charge is 0.481 e. The molecule has 1 aromatic rings. The van der Waals surface area contributed by atoms with E-state index < -0.39 is 28.2 Å². The minimum atomic E-state index is -3.64. The molecule has 20 heavy (non-hydrogen) atoms. The molecule has 2 N–H and O–H groups in total. The number of carbonyl (C=O) groups is 1. The molecule has 0 aromatic heterocycles. The van der Waals surface area contributed by atoms with Crippen molar-refractivity contribution < 1.29 is 18.3 Å². The Hall–Kier alpha value is -1.76. The molecule has 7 heteroatoms. The average molecular weight is 298 g/mol. The van der Waals surface area contributed by atoms with Gasteiger partial charge in [0.25, 0.3) is 0 Å². The number of anilines is 2. The lowest BCUT2D eigenvalue weighted by molar-refractivity contribution is -0.136. The van der Waals surface area contributed by atoms with Gasteiger partial charge in [-0.3, -0.25) is 9.52 Å². The first-order chi connectivity index (χ1) is 9.48. The average Bonchev–Trinajstić information content (AvgIpc) is 2.90. The van der Waals surface area contributed by atoms with Crippen LogP contribution in [0.2, 0.25) is 0 Å². The molecule has 0 unspecified atom stereocenters. The van der Waals surface area contributed by atoms with Crippen LogP contribution in [-0.4, -0.2) is 38.3 Å². The number of aliphatic carboxylic acids is 1. The number of rotatable bonds is 6. The zero-order valence-corrected chi connectivity index (χ0v) is 11.9. The van der Waals surface area contributed by atoms with E-state index in [0.717, 1.165) is 31.6 Å². The summed E-state index contributed by atoms with van der Waals surface area (Å²) in [5, 5.41) is 8.57. The second-order valence-electron chi connectivity index (χ2n) is 4.78. The summed E-state index contributed by atoms with van der Waals surface area (Å²) in [6, 6.07) is 7.20. The summed E-state index contributed by atoms with van der Waals surface area (Å²) in [4.78, 5) is 12.6. The highest BCUT2D eigenvalue weighted by molar-refractivity contribution is 7.92. The monoisotopic (exact) mass is 298 g/mol. The topological polar surface area (TPSA) is 86.7 Å². The van der Waals surface area contributed by atoms with Gasteiger partial charge in [-0.25, -0.2) is 8.42 Å². The van der Waals surface area contributed by atoms with Crippen molar-refractivity contribution in [2.24, 2.45) is 0 Å². The van der Waals surface area contributed by atoms with Gasteiger partial charge >= 0.3 is 5.97 Å². The Morgan fingerprint density at radius 1 is 1.25 bits per heavy atom. The number of para-hydroxylation sites is 2. The molecule has 1 fully saturated rings. The van der Waals surface area contributed by atoms with Crippen LogP contribution in [-0.2, 0) is 14.8 Å². The van der Waals surface area contributed by atoms with Gasteiger partial charge in [0.2, 0.25) is 10.0 Å². The van der Waals surface area contributed by atoms with Gasteiger partial charge in [-0.15, -0.1) is 0 Å². The molecule has 0 saturated carbocycles. The number of carboxylic acids is 1. The van der Waals surface area contributed by atoms with Crippen LogP contribution >= 0.6 is 0 Å². The van der Waals surface area contributed by atoms with Crippen molar-refractivity contribution >= 4 is 27.4 Å². The Morgan fingerprint density at radius 2 is 1.90 bits per heavy atom. The SMILES string of the molecule is O=C(O)CCS(=O)(=O)Nc1ccccc1N1CCCC1. The van der Waals surface area contributed by atoms with Gasteiger partial charge in [-0.05, 0) is 25.0 Å². The maximum Gasteiger partial charge on any atom is 0.304 e. The smallest absolute Gasteiger partial charge is 0.304 e. The van der Waals surface area contributed by atoms with Gasteiger partial charge < -0.3 is 10.0 Å². The quantitative estimate of drug-likeness (QED) is 0.831. The Balaban J connectivity index is 2.14. The first-order valence-corrected chi connectivity index (χ1v) is 8.19. The maximum atomic E-state index is 11.9. The van der Waals surface area contributed by atoms with Crippen LogP contribution in [0.1, 0.15) is 19.3 Å². The van der Waals surface area contributed by atoms with Gasteiger partial charge in [0.05, 0.1) is 23.5 Å². The molecule has 1 aliphatic heterocycles. The van der Waals surface area contributed by atoms with E-state index in [1.165, 1.54) is 0 Å². The molecule has 1 aromatic carbocycles. The van der Waals surface area contributed by atoms with E-state index in [1.807, 2.05) is 12.1 Å². The standard InChI is InChI=1S/C13H18N2O4S/c16-13(17)7-10-20(18,19)14-11-5-1-2-6-12(11)15-8-3-4-9-15/h1-2,5-6,14H,3-4,7-10H2,(H,16,17). The number of hydrogen-bond donors (Lipinski definition) is 2. The Bertz CT molecular complexity index is 580. The lowest BCUT2D eigenvalue weighted by Gasteiger charge is -2.21. The van der Waals surface area contributed by atoms with Crippen molar-refractivity contribution in [2.45, 2.75) is 19.3 Å². The number of nitrogens with one attached hydrogen (secondary N) is 1. The van der Waals surface area contributed by atoms with Gasteiger partial charge in [0.1, 0.15) is 0 Å². The van der Waals surface area contributed by atoms with Crippen LogP contribution < -0.4 is 9.62 Å². The second kappa shape index (κ2) is 6.13. The van der Waals surface area contributed by atoms with Gasteiger partial charge in [-0.2, -0.15) is 0 Å². The maximum absolute atomic E-state index is 11.9. The highest BCUT2D eigenvalue weighted by atomic mass is 32.2. The van der Waals surface area contributed by atoms with E-state index >= 15 is 0 Å². The number of hydrogen-bond acceptors (Lipinski definition) is 4. The normalized spacial score (nSPS) is 15.3. The Kier molecular flexibility index (Phi) is 4.49. The fourth-order valence-corrected chi connectivity index (χ4v) is 3.29. The summed E-state index contributed by atoms with van der Waals surface area (Å²) in [6.07, 6.45) is 1.79. The fraction of sp³-hybridized carbons (Fsp3) is 0.462. The molecular formula is C13H18N2O4S. The zero-order valence-electron chi connectivity index (χ0n) is 11.1. The summed E-state index contributed by atoms with van der Waals surface area (Å²) in [5.74, 6) is -1.54. The van der Waals surface area contributed by atoms with Crippen molar-refractivity contribution in [2.75, 3.05) is 28.5 Å². The molecule has 110 valence electrons. The second-order valence-corrected chi connectivity index (χ2v) is 6.62. The molecule has 1 saturated heterocycles. The molecule has 1 aliphatic rings. The van der Waals surface area contributed by atoms with Crippen LogP contribution in [0.3, 0.4) is 0 Å². The minimum absolute atomic E-state index is 0.402. The van der Waals surface area contributed by atoms with Crippen LogP contribution in [0.15, 0.2) is 24.3 Å². The molecule has 0 aliphatic carbocycles. The van der Waals surface area contributed by atoms with Crippen molar-refractivity contribution in [1.82, 2.24) is 0 Å². The molecule has 0 bridgehead atoms. The van der Waals surface area contributed by atoms with Gasteiger partial charge in [-0.1, -0.05) is 12.1 Å². The molecule has 0 radical (unpaired) electrons.